The molecule has 4 rings (SSSR count). The molecule has 4 aromatic rings. The molecule has 0 amide bonds. The Balaban J connectivity index is 2.11. The molecule has 0 saturated carbocycles. The van der Waals surface area contributed by atoms with Gasteiger partial charge in [-0.25, -0.2) is 0 Å². The highest BCUT2D eigenvalue weighted by Gasteiger charge is 2.21. The summed E-state index contributed by atoms with van der Waals surface area (Å²) in [5, 5.41) is 20.8. The molecule has 1 atom stereocenters. The molecule has 3 heteroatoms. The third-order valence-corrected chi connectivity index (χ3v) is 4.93. The van der Waals surface area contributed by atoms with Crippen molar-refractivity contribution >= 4 is 10.9 Å². The summed E-state index contributed by atoms with van der Waals surface area (Å²) in [7, 11) is 0. The van der Waals surface area contributed by atoms with Gasteiger partial charge in [0.2, 0.25) is 0 Å². The number of hydrogen-bond acceptors (Lipinski definition) is 2. The summed E-state index contributed by atoms with van der Waals surface area (Å²) < 4.78 is 2.13. The maximum absolute atomic E-state index is 10.2. The van der Waals surface area contributed by atoms with Gasteiger partial charge in [-0.05, 0) is 30.2 Å². The van der Waals surface area contributed by atoms with Crippen LogP contribution in [0.5, 0.6) is 0 Å². The average Bonchev–Trinajstić information content (AvgIpc) is 3.02. The first-order chi connectivity index (χ1) is 13.2. The Hall–Kier alpha value is -2.88. The zero-order valence-corrected chi connectivity index (χ0v) is 15.3. The maximum atomic E-state index is 10.2. The van der Waals surface area contributed by atoms with E-state index in [0.717, 1.165) is 33.3 Å². The Labute approximate surface area is 159 Å². The van der Waals surface area contributed by atoms with Crippen LogP contribution in [0.4, 0.5) is 0 Å². The summed E-state index contributed by atoms with van der Waals surface area (Å²) in [4.78, 5) is 0. The predicted molar refractivity (Wildman–Crippen MR) is 111 cm³/mol. The van der Waals surface area contributed by atoms with Crippen LogP contribution in [0.25, 0.3) is 33.3 Å². The molecule has 1 aromatic heterocycles. The summed E-state index contributed by atoms with van der Waals surface area (Å²) in [5.74, 6) is 0. The molecular weight excluding hydrogens is 334 g/mol. The number of aryl methyl sites for hydroxylation is 1. The van der Waals surface area contributed by atoms with Crippen LogP contribution in [0.1, 0.15) is 5.56 Å². The lowest BCUT2D eigenvalue weighted by Gasteiger charge is -2.15. The van der Waals surface area contributed by atoms with Crippen LogP contribution < -0.4 is 0 Å². The summed E-state index contributed by atoms with van der Waals surface area (Å²) in [6.07, 6.45) is -0.812. The number of aromatic nitrogens is 1. The Morgan fingerprint density at radius 2 is 1.48 bits per heavy atom. The molecule has 2 N–H and O–H groups in total. The predicted octanol–water partition coefficient (Wildman–Crippen LogP) is 4.64. The Morgan fingerprint density at radius 1 is 0.852 bits per heavy atom. The first kappa shape index (κ1) is 17.5. The van der Waals surface area contributed by atoms with Gasteiger partial charge in [-0.3, -0.25) is 0 Å². The lowest BCUT2D eigenvalue weighted by Crippen LogP contribution is -2.20. The van der Waals surface area contributed by atoms with Crippen molar-refractivity contribution in [2.45, 2.75) is 19.6 Å². The molecule has 1 heterocycles. The van der Waals surface area contributed by atoms with Crippen molar-refractivity contribution in [3.63, 3.8) is 0 Å². The van der Waals surface area contributed by atoms with Crippen LogP contribution in [0.15, 0.2) is 78.9 Å². The third-order valence-electron chi connectivity index (χ3n) is 4.93. The lowest BCUT2D eigenvalue weighted by atomic mass is 9.98. The Morgan fingerprint density at radius 3 is 2.11 bits per heavy atom. The summed E-state index contributed by atoms with van der Waals surface area (Å²) in [6.45, 7) is 2.17. The van der Waals surface area contributed by atoms with Gasteiger partial charge in [-0.2, -0.15) is 0 Å². The van der Waals surface area contributed by atoms with Gasteiger partial charge in [-0.15, -0.1) is 0 Å². The number of aliphatic hydroxyl groups is 2. The van der Waals surface area contributed by atoms with E-state index in [1.54, 1.807) is 0 Å². The van der Waals surface area contributed by atoms with Crippen LogP contribution in [-0.4, -0.2) is 27.5 Å². The number of hydrogen-bond donors (Lipinski definition) is 2. The minimum absolute atomic E-state index is 0.263. The molecule has 27 heavy (non-hydrogen) atoms. The van der Waals surface area contributed by atoms with Gasteiger partial charge in [0.25, 0.3) is 0 Å². The van der Waals surface area contributed by atoms with E-state index in [9.17, 15) is 10.2 Å². The van der Waals surface area contributed by atoms with E-state index >= 15 is 0 Å². The molecule has 136 valence electrons. The number of rotatable bonds is 5. The molecule has 0 radical (unpaired) electrons. The van der Waals surface area contributed by atoms with Crippen molar-refractivity contribution in [1.29, 1.82) is 0 Å². The van der Waals surface area contributed by atoms with Crippen molar-refractivity contribution in [3.05, 3.63) is 84.4 Å². The largest absolute Gasteiger partial charge is 0.394 e. The van der Waals surface area contributed by atoms with Gasteiger partial charge in [0.05, 0.1) is 24.9 Å². The van der Waals surface area contributed by atoms with Crippen molar-refractivity contribution in [2.24, 2.45) is 0 Å². The molecule has 3 aromatic carbocycles. The molecule has 0 aliphatic carbocycles. The van der Waals surface area contributed by atoms with Crippen molar-refractivity contribution in [1.82, 2.24) is 4.57 Å². The lowest BCUT2D eigenvalue weighted by molar-refractivity contribution is 0.0826. The highest BCUT2D eigenvalue weighted by molar-refractivity contribution is 6.04. The Kier molecular flexibility index (Phi) is 4.80. The van der Waals surface area contributed by atoms with Crippen molar-refractivity contribution < 1.29 is 10.2 Å². The molecule has 3 nitrogen and oxygen atoms in total. The van der Waals surface area contributed by atoms with Crippen LogP contribution in [0.3, 0.4) is 0 Å². The summed E-state index contributed by atoms with van der Waals surface area (Å²) in [5.41, 5.74) is 6.71. The van der Waals surface area contributed by atoms with Gasteiger partial charge in [0.15, 0.2) is 0 Å². The molecule has 0 saturated heterocycles. The second kappa shape index (κ2) is 7.39. The molecule has 0 aliphatic rings. The first-order valence-electron chi connectivity index (χ1n) is 9.21. The highest BCUT2D eigenvalue weighted by Crippen LogP contribution is 2.41. The van der Waals surface area contributed by atoms with E-state index < -0.39 is 6.10 Å². The van der Waals surface area contributed by atoms with Crippen LogP contribution >= 0.6 is 0 Å². The fourth-order valence-electron chi connectivity index (χ4n) is 3.72. The zero-order chi connectivity index (χ0) is 18.8. The minimum atomic E-state index is -0.812. The quantitative estimate of drug-likeness (QED) is 0.547. The number of nitrogens with zero attached hydrogens (tertiary/aromatic N) is 1. The summed E-state index contributed by atoms with van der Waals surface area (Å²) >= 11 is 0. The van der Waals surface area contributed by atoms with Crippen LogP contribution in [0.2, 0.25) is 0 Å². The molecule has 0 spiro atoms. The number of aliphatic hydroxyl groups excluding tert-OH is 2. The van der Waals surface area contributed by atoms with E-state index in [2.05, 4.69) is 54.0 Å². The molecular formula is C24H23NO2. The van der Waals surface area contributed by atoms with E-state index in [1.807, 2.05) is 36.4 Å². The second-order valence-electron chi connectivity index (χ2n) is 6.92. The van der Waals surface area contributed by atoms with E-state index in [-0.39, 0.29) is 6.61 Å². The highest BCUT2D eigenvalue weighted by atomic mass is 16.3. The first-order valence-corrected chi connectivity index (χ1v) is 9.21. The SMILES string of the molecule is Cc1ccc2c(c1)c(-c1ccccc1)c(-c1ccccc1)n2C[C@@H](O)CO. The number of benzene rings is 3. The van der Waals surface area contributed by atoms with Crippen LogP contribution in [-0.2, 0) is 6.54 Å². The Bertz CT molecular complexity index is 1050. The van der Waals surface area contributed by atoms with Crippen molar-refractivity contribution in [2.75, 3.05) is 6.61 Å². The molecule has 0 bridgehead atoms. The van der Waals surface area contributed by atoms with E-state index in [4.69, 9.17) is 0 Å². The third kappa shape index (κ3) is 3.27. The standard InChI is InChI=1S/C24H23NO2/c1-17-12-13-22-21(14-17)23(18-8-4-2-5-9-18)24(19-10-6-3-7-11-19)25(22)15-20(27)16-26/h2-14,20,26-27H,15-16H2,1H3/t20-/m1/s1. The fraction of sp³-hybridized carbons (Fsp3) is 0.167. The fourth-order valence-corrected chi connectivity index (χ4v) is 3.72. The summed E-state index contributed by atoms with van der Waals surface area (Å²) in [6, 6.07) is 27.0. The topological polar surface area (TPSA) is 45.4 Å². The van der Waals surface area contributed by atoms with Crippen molar-refractivity contribution in [3.8, 4) is 22.4 Å². The van der Waals surface area contributed by atoms with Gasteiger partial charge in [0, 0.05) is 16.5 Å². The van der Waals surface area contributed by atoms with Crippen LogP contribution in [0, 0.1) is 6.92 Å². The second-order valence-corrected chi connectivity index (χ2v) is 6.92. The minimum Gasteiger partial charge on any atom is -0.394 e. The van der Waals surface area contributed by atoms with Gasteiger partial charge >= 0.3 is 0 Å². The van der Waals surface area contributed by atoms with Gasteiger partial charge in [-0.1, -0.05) is 72.3 Å². The average molecular weight is 357 g/mol. The number of fused-ring (bicyclic) bond motifs is 1. The van der Waals surface area contributed by atoms with E-state index in [0.29, 0.717) is 6.54 Å². The van der Waals surface area contributed by atoms with Gasteiger partial charge < -0.3 is 14.8 Å². The molecule has 0 aliphatic heterocycles. The van der Waals surface area contributed by atoms with Gasteiger partial charge in [0.1, 0.15) is 0 Å². The monoisotopic (exact) mass is 357 g/mol. The maximum Gasteiger partial charge on any atom is 0.0949 e. The van der Waals surface area contributed by atoms with E-state index in [1.165, 1.54) is 5.56 Å². The molecule has 0 fully saturated rings. The molecule has 0 unspecified atom stereocenters. The normalized spacial score (nSPS) is 12.4. The zero-order valence-electron chi connectivity index (χ0n) is 15.3. The smallest absolute Gasteiger partial charge is 0.0949 e.